The van der Waals surface area contributed by atoms with E-state index in [0.29, 0.717) is 0 Å². The topological polar surface area (TPSA) is 106 Å². The average molecular weight is 450 g/mol. The van der Waals surface area contributed by atoms with E-state index in [1.807, 2.05) is 0 Å². The molecule has 0 unspecified atom stereocenters. The lowest BCUT2D eigenvalue weighted by molar-refractivity contribution is -0.203. The SMILES string of the molecule is COc1ccc(S(=O)(=O)CC[C@H](O)C(F)(F)F)cc1C(=O)Nc1ccc(F)c(C)n1. The number of nitrogens with one attached hydrogen (secondary N) is 1. The molecule has 164 valence electrons. The van der Waals surface area contributed by atoms with Gasteiger partial charge in [-0.25, -0.2) is 17.8 Å². The number of anilines is 1. The van der Waals surface area contributed by atoms with E-state index in [2.05, 4.69) is 10.3 Å². The van der Waals surface area contributed by atoms with Gasteiger partial charge >= 0.3 is 6.18 Å². The third kappa shape index (κ3) is 5.66. The molecule has 0 fully saturated rings. The van der Waals surface area contributed by atoms with Gasteiger partial charge in [-0.15, -0.1) is 0 Å². The van der Waals surface area contributed by atoms with Crippen LogP contribution in [-0.4, -0.2) is 49.6 Å². The van der Waals surface area contributed by atoms with Gasteiger partial charge in [0, 0.05) is 0 Å². The highest BCUT2D eigenvalue weighted by molar-refractivity contribution is 7.91. The predicted molar refractivity (Wildman–Crippen MR) is 98.6 cm³/mol. The van der Waals surface area contributed by atoms with E-state index < -0.39 is 50.9 Å². The van der Waals surface area contributed by atoms with E-state index in [1.54, 1.807) is 0 Å². The van der Waals surface area contributed by atoms with Gasteiger partial charge in [0.25, 0.3) is 5.91 Å². The van der Waals surface area contributed by atoms with Crippen LogP contribution < -0.4 is 10.1 Å². The van der Waals surface area contributed by atoms with Crippen LogP contribution in [0.4, 0.5) is 23.4 Å². The third-order valence-corrected chi connectivity index (χ3v) is 5.82. The molecule has 1 atom stereocenters. The summed E-state index contributed by atoms with van der Waals surface area (Å²) in [5.74, 6) is -2.39. The molecule has 0 saturated heterocycles. The van der Waals surface area contributed by atoms with Gasteiger partial charge in [-0.05, 0) is 43.7 Å². The lowest BCUT2D eigenvalue weighted by Gasteiger charge is -2.15. The van der Waals surface area contributed by atoms with Crippen molar-refractivity contribution in [3.8, 4) is 5.75 Å². The van der Waals surface area contributed by atoms with Gasteiger partial charge in [-0.1, -0.05) is 0 Å². The van der Waals surface area contributed by atoms with Crippen LogP contribution in [0.2, 0.25) is 0 Å². The van der Waals surface area contributed by atoms with Crippen molar-refractivity contribution in [2.45, 2.75) is 30.5 Å². The molecule has 0 aliphatic carbocycles. The van der Waals surface area contributed by atoms with Gasteiger partial charge in [0.15, 0.2) is 15.9 Å². The number of aromatic nitrogens is 1. The second-order valence-electron chi connectivity index (χ2n) is 6.24. The molecule has 0 aliphatic rings. The number of methoxy groups -OCH3 is 1. The molecule has 0 aliphatic heterocycles. The predicted octanol–water partition coefficient (Wildman–Crippen LogP) is 2.88. The largest absolute Gasteiger partial charge is 0.496 e. The Kier molecular flexibility index (Phi) is 7.03. The van der Waals surface area contributed by atoms with Crippen LogP contribution in [0.5, 0.6) is 5.75 Å². The molecule has 2 aromatic rings. The number of rotatable bonds is 7. The number of sulfone groups is 1. The molecule has 2 N–H and O–H groups in total. The molecule has 1 amide bonds. The molecule has 1 aromatic heterocycles. The number of aliphatic hydroxyl groups is 1. The maximum absolute atomic E-state index is 13.3. The first kappa shape index (κ1) is 23.5. The van der Waals surface area contributed by atoms with Crippen molar-refractivity contribution in [2.24, 2.45) is 0 Å². The highest BCUT2D eigenvalue weighted by atomic mass is 32.2. The lowest BCUT2D eigenvalue weighted by Crippen LogP contribution is -2.30. The Morgan fingerprint density at radius 3 is 2.50 bits per heavy atom. The van der Waals surface area contributed by atoms with Crippen molar-refractivity contribution in [3.05, 3.63) is 47.4 Å². The van der Waals surface area contributed by atoms with Crippen LogP contribution in [0.15, 0.2) is 35.2 Å². The number of carbonyl (C=O) groups excluding carboxylic acids is 1. The zero-order valence-corrected chi connectivity index (χ0v) is 16.6. The summed E-state index contributed by atoms with van der Waals surface area (Å²) in [4.78, 5) is 16.0. The number of aliphatic hydroxyl groups excluding tert-OH is 1. The van der Waals surface area contributed by atoms with Gasteiger partial charge in [0.2, 0.25) is 0 Å². The van der Waals surface area contributed by atoms with Crippen LogP contribution in [0.25, 0.3) is 0 Å². The molecule has 0 radical (unpaired) electrons. The highest BCUT2D eigenvalue weighted by Gasteiger charge is 2.38. The number of halogens is 4. The molecule has 1 heterocycles. The van der Waals surface area contributed by atoms with Crippen molar-refractivity contribution in [3.63, 3.8) is 0 Å². The Morgan fingerprint density at radius 1 is 1.27 bits per heavy atom. The third-order valence-electron chi connectivity index (χ3n) is 4.08. The quantitative estimate of drug-likeness (QED) is 0.629. The number of hydrogen-bond acceptors (Lipinski definition) is 6. The summed E-state index contributed by atoms with van der Waals surface area (Å²) in [6, 6.07) is 5.48. The van der Waals surface area contributed by atoms with Gasteiger partial charge in [-0.2, -0.15) is 13.2 Å². The lowest BCUT2D eigenvalue weighted by atomic mass is 10.2. The van der Waals surface area contributed by atoms with Crippen molar-refractivity contribution in [1.29, 1.82) is 0 Å². The number of ether oxygens (including phenoxy) is 1. The van der Waals surface area contributed by atoms with E-state index in [1.165, 1.54) is 26.2 Å². The molecular formula is C18H18F4N2O5S. The minimum atomic E-state index is -4.94. The van der Waals surface area contributed by atoms with Crippen LogP contribution >= 0.6 is 0 Å². The zero-order chi connectivity index (χ0) is 22.7. The number of alkyl halides is 3. The van der Waals surface area contributed by atoms with E-state index >= 15 is 0 Å². The highest BCUT2D eigenvalue weighted by Crippen LogP contribution is 2.27. The number of pyridine rings is 1. The summed E-state index contributed by atoms with van der Waals surface area (Å²) in [5.41, 5.74) is -0.196. The molecule has 7 nitrogen and oxygen atoms in total. The Hall–Kier alpha value is -2.73. The second kappa shape index (κ2) is 8.96. The molecular weight excluding hydrogens is 432 g/mol. The monoisotopic (exact) mass is 450 g/mol. The van der Waals surface area contributed by atoms with Crippen molar-refractivity contribution in [2.75, 3.05) is 18.2 Å². The molecule has 2 rings (SSSR count). The normalized spacial score (nSPS) is 13.0. The first-order valence-corrected chi connectivity index (χ1v) is 10.1. The molecule has 0 bridgehead atoms. The van der Waals surface area contributed by atoms with Gasteiger partial charge in [-0.3, -0.25) is 4.79 Å². The Labute approximate surface area is 169 Å². The van der Waals surface area contributed by atoms with Crippen molar-refractivity contribution >= 4 is 21.6 Å². The molecule has 0 saturated carbocycles. The second-order valence-corrected chi connectivity index (χ2v) is 8.35. The number of hydrogen-bond donors (Lipinski definition) is 2. The van der Waals surface area contributed by atoms with E-state index in [-0.39, 0.29) is 22.8 Å². The fraction of sp³-hybridized carbons (Fsp3) is 0.333. The maximum atomic E-state index is 13.3. The standard InChI is InChI=1S/C18H18F4N2O5S/c1-10-13(19)4-6-16(23-10)24-17(26)12-9-11(3-5-14(12)29-2)30(27,28)8-7-15(25)18(20,21)22/h3-6,9,15,25H,7-8H2,1-2H3,(H,23,24,26)/t15-/m0/s1. The van der Waals surface area contributed by atoms with Crippen molar-refractivity contribution in [1.82, 2.24) is 4.98 Å². The summed E-state index contributed by atoms with van der Waals surface area (Å²) in [7, 11) is -3.01. The summed E-state index contributed by atoms with van der Waals surface area (Å²) >= 11 is 0. The summed E-state index contributed by atoms with van der Waals surface area (Å²) in [6.45, 7) is 1.38. The molecule has 12 heteroatoms. The molecule has 1 aromatic carbocycles. The summed E-state index contributed by atoms with van der Waals surface area (Å²) in [5, 5.41) is 11.4. The first-order chi connectivity index (χ1) is 13.8. The number of aryl methyl sites for hydroxylation is 1. The average Bonchev–Trinajstić information content (AvgIpc) is 2.67. The van der Waals surface area contributed by atoms with Gasteiger partial charge in [0.05, 0.1) is 29.0 Å². The Balaban J connectivity index is 2.29. The summed E-state index contributed by atoms with van der Waals surface area (Å²) < 4.78 is 80.3. The van der Waals surface area contributed by atoms with Gasteiger partial charge in [0.1, 0.15) is 17.4 Å². The maximum Gasteiger partial charge on any atom is 0.414 e. The van der Waals surface area contributed by atoms with Gasteiger partial charge < -0.3 is 15.2 Å². The van der Waals surface area contributed by atoms with E-state index in [0.717, 1.165) is 18.2 Å². The Bertz CT molecular complexity index is 1040. The zero-order valence-electron chi connectivity index (χ0n) is 15.8. The molecule has 30 heavy (non-hydrogen) atoms. The number of nitrogens with zero attached hydrogens (tertiary/aromatic N) is 1. The number of amides is 1. The number of carbonyl (C=O) groups is 1. The van der Waals surface area contributed by atoms with Crippen LogP contribution in [0.1, 0.15) is 22.5 Å². The van der Waals surface area contributed by atoms with Crippen LogP contribution in [0, 0.1) is 12.7 Å². The smallest absolute Gasteiger partial charge is 0.414 e. The van der Waals surface area contributed by atoms with Crippen LogP contribution in [-0.2, 0) is 9.84 Å². The van der Waals surface area contributed by atoms with E-state index in [4.69, 9.17) is 9.84 Å². The minimum Gasteiger partial charge on any atom is -0.496 e. The summed E-state index contributed by atoms with van der Waals surface area (Å²) in [6.07, 6.45) is -8.79. The minimum absolute atomic E-state index is 0.000565. The number of benzene rings is 1. The van der Waals surface area contributed by atoms with Crippen molar-refractivity contribution < 1.29 is 40.6 Å². The Morgan fingerprint density at radius 2 is 1.93 bits per heavy atom. The van der Waals surface area contributed by atoms with E-state index in [9.17, 15) is 30.8 Å². The fourth-order valence-electron chi connectivity index (χ4n) is 2.40. The fourth-order valence-corrected chi connectivity index (χ4v) is 3.75. The molecule has 0 spiro atoms. The first-order valence-electron chi connectivity index (χ1n) is 8.45. The van der Waals surface area contributed by atoms with Crippen LogP contribution in [0.3, 0.4) is 0 Å².